The summed E-state index contributed by atoms with van der Waals surface area (Å²) in [6, 6.07) is 6.55. The third-order valence-electron chi connectivity index (χ3n) is 2.26. The average molecular weight is 298 g/mol. The molecule has 0 saturated carbocycles. The van der Waals surface area contributed by atoms with Crippen LogP contribution in [0.1, 0.15) is 20.8 Å². The van der Waals surface area contributed by atoms with E-state index in [0.29, 0.717) is 5.41 Å². The van der Waals surface area contributed by atoms with Crippen molar-refractivity contribution < 1.29 is 0 Å². The number of nitrogens with one attached hydrogen (secondary N) is 1. The molecule has 0 atom stereocenters. The number of hydrogen-bond acceptors (Lipinski definition) is 1. The van der Waals surface area contributed by atoms with Crippen molar-refractivity contribution in [1.82, 2.24) is 4.98 Å². The fourth-order valence-electron chi connectivity index (χ4n) is 1.48. The molecule has 1 aromatic heterocycles. The summed E-state index contributed by atoms with van der Waals surface area (Å²) in [6.07, 6.45) is 1.98. The van der Waals surface area contributed by atoms with E-state index in [1.54, 1.807) is 0 Å². The SMILES string of the molecule is CC(C)(C)CSc1cc(Br)c2[nH]ccc2c1. The molecule has 0 spiro atoms. The zero-order valence-electron chi connectivity index (χ0n) is 9.80. The minimum Gasteiger partial charge on any atom is -0.360 e. The number of H-pyrrole nitrogens is 1. The maximum Gasteiger partial charge on any atom is 0.0599 e. The number of aromatic nitrogens is 1. The Labute approximate surface area is 109 Å². The zero-order valence-corrected chi connectivity index (χ0v) is 12.2. The van der Waals surface area contributed by atoms with Crippen LogP contribution in [0.4, 0.5) is 0 Å². The standard InChI is InChI=1S/C13H16BrNS/c1-13(2,3)8-16-10-6-9-4-5-15-12(9)11(14)7-10/h4-7,15H,8H2,1-3H3. The van der Waals surface area contributed by atoms with Gasteiger partial charge < -0.3 is 4.98 Å². The molecule has 2 rings (SSSR count). The number of halogens is 1. The van der Waals surface area contributed by atoms with Crippen LogP contribution in [-0.4, -0.2) is 10.7 Å². The van der Waals surface area contributed by atoms with Crippen molar-refractivity contribution in [3.05, 3.63) is 28.9 Å². The first-order valence-electron chi connectivity index (χ1n) is 5.35. The second-order valence-corrected chi connectivity index (χ2v) is 7.10. The number of thioether (sulfide) groups is 1. The lowest BCUT2D eigenvalue weighted by molar-refractivity contribution is 0.481. The van der Waals surface area contributed by atoms with Gasteiger partial charge in [-0.1, -0.05) is 20.8 Å². The Bertz CT molecular complexity index is 496. The molecule has 1 heterocycles. The van der Waals surface area contributed by atoms with E-state index in [2.05, 4.69) is 59.9 Å². The summed E-state index contributed by atoms with van der Waals surface area (Å²) in [5, 5.41) is 1.27. The number of rotatable bonds is 2. The Morgan fingerprint density at radius 3 is 2.75 bits per heavy atom. The topological polar surface area (TPSA) is 15.8 Å². The van der Waals surface area contributed by atoms with Crippen LogP contribution in [0.15, 0.2) is 33.8 Å². The van der Waals surface area contributed by atoms with Crippen LogP contribution in [0.5, 0.6) is 0 Å². The van der Waals surface area contributed by atoms with Crippen LogP contribution in [-0.2, 0) is 0 Å². The monoisotopic (exact) mass is 297 g/mol. The molecule has 3 heteroatoms. The minimum absolute atomic E-state index is 0.365. The van der Waals surface area contributed by atoms with E-state index >= 15 is 0 Å². The molecule has 0 aliphatic carbocycles. The normalized spacial score (nSPS) is 12.2. The highest BCUT2D eigenvalue weighted by Gasteiger charge is 2.11. The number of hydrogen-bond donors (Lipinski definition) is 1. The van der Waals surface area contributed by atoms with Gasteiger partial charge >= 0.3 is 0 Å². The first-order valence-corrected chi connectivity index (χ1v) is 7.13. The molecule has 0 aliphatic heterocycles. The molecular formula is C13H16BrNS. The average Bonchev–Trinajstić information content (AvgIpc) is 2.62. The second kappa shape index (κ2) is 4.46. The highest BCUT2D eigenvalue weighted by Crippen LogP contribution is 2.32. The first kappa shape index (κ1) is 12.1. The molecule has 0 amide bonds. The van der Waals surface area contributed by atoms with Crippen LogP contribution in [0.25, 0.3) is 10.9 Å². The molecule has 0 fully saturated rings. The molecule has 86 valence electrons. The van der Waals surface area contributed by atoms with E-state index in [9.17, 15) is 0 Å². The van der Waals surface area contributed by atoms with Crippen LogP contribution >= 0.6 is 27.7 Å². The predicted molar refractivity (Wildman–Crippen MR) is 76.2 cm³/mol. The summed E-state index contributed by atoms with van der Waals surface area (Å²) >= 11 is 5.52. The van der Waals surface area contributed by atoms with Gasteiger partial charge in [-0.25, -0.2) is 0 Å². The van der Waals surface area contributed by atoms with Gasteiger partial charge in [-0.15, -0.1) is 11.8 Å². The summed E-state index contributed by atoms with van der Waals surface area (Å²) in [5.74, 6) is 1.13. The van der Waals surface area contributed by atoms with Crippen LogP contribution in [0, 0.1) is 5.41 Å². The van der Waals surface area contributed by atoms with E-state index in [4.69, 9.17) is 0 Å². The van der Waals surface area contributed by atoms with Gasteiger partial charge in [0.05, 0.1) is 5.52 Å². The van der Waals surface area contributed by atoms with Crippen LogP contribution in [0.3, 0.4) is 0 Å². The van der Waals surface area contributed by atoms with E-state index in [-0.39, 0.29) is 0 Å². The highest BCUT2D eigenvalue weighted by atomic mass is 79.9. The summed E-state index contributed by atoms with van der Waals surface area (Å²) in [5.41, 5.74) is 1.55. The molecule has 0 aliphatic rings. The number of benzene rings is 1. The molecule has 1 aromatic carbocycles. The van der Waals surface area contributed by atoms with Gasteiger partial charge in [0.25, 0.3) is 0 Å². The number of aromatic amines is 1. The van der Waals surface area contributed by atoms with E-state index in [1.165, 1.54) is 15.8 Å². The van der Waals surface area contributed by atoms with Crippen LogP contribution in [0.2, 0.25) is 0 Å². The van der Waals surface area contributed by atoms with Gasteiger partial charge in [0.2, 0.25) is 0 Å². The van der Waals surface area contributed by atoms with Gasteiger partial charge in [0, 0.05) is 26.7 Å². The molecule has 0 bridgehead atoms. The molecule has 0 unspecified atom stereocenters. The zero-order chi connectivity index (χ0) is 11.8. The quantitative estimate of drug-likeness (QED) is 0.765. The van der Waals surface area contributed by atoms with Crippen LogP contribution < -0.4 is 0 Å². The smallest absolute Gasteiger partial charge is 0.0599 e. The number of fused-ring (bicyclic) bond motifs is 1. The largest absolute Gasteiger partial charge is 0.360 e. The first-order chi connectivity index (χ1) is 7.46. The predicted octanol–water partition coefficient (Wildman–Crippen LogP) is 5.07. The van der Waals surface area contributed by atoms with Crippen molar-refractivity contribution in [2.75, 3.05) is 5.75 Å². The van der Waals surface area contributed by atoms with Crippen molar-refractivity contribution in [2.24, 2.45) is 5.41 Å². The summed E-state index contributed by atoms with van der Waals surface area (Å²) in [4.78, 5) is 4.56. The Hall–Kier alpha value is -0.410. The molecule has 1 N–H and O–H groups in total. The molecular weight excluding hydrogens is 282 g/mol. The Morgan fingerprint density at radius 2 is 2.06 bits per heavy atom. The lowest BCUT2D eigenvalue weighted by atomic mass is 10.0. The summed E-state index contributed by atoms with van der Waals surface area (Å²) in [6.45, 7) is 6.80. The highest BCUT2D eigenvalue weighted by molar-refractivity contribution is 9.10. The molecule has 0 saturated heterocycles. The Balaban J connectivity index is 2.25. The lowest BCUT2D eigenvalue weighted by Gasteiger charge is -2.17. The lowest BCUT2D eigenvalue weighted by Crippen LogP contribution is -2.07. The fraction of sp³-hybridized carbons (Fsp3) is 0.385. The Morgan fingerprint density at radius 1 is 1.31 bits per heavy atom. The third kappa shape index (κ3) is 2.83. The molecule has 2 aromatic rings. The van der Waals surface area contributed by atoms with Gasteiger partial charge in [-0.2, -0.15) is 0 Å². The summed E-state index contributed by atoms with van der Waals surface area (Å²) in [7, 11) is 0. The van der Waals surface area contributed by atoms with Gasteiger partial charge in [-0.3, -0.25) is 0 Å². The van der Waals surface area contributed by atoms with E-state index < -0.39 is 0 Å². The van der Waals surface area contributed by atoms with Gasteiger partial charge in [0.15, 0.2) is 0 Å². The molecule has 16 heavy (non-hydrogen) atoms. The maximum atomic E-state index is 3.60. The van der Waals surface area contributed by atoms with Gasteiger partial charge in [-0.05, 0) is 39.5 Å². The van der Waals surface area contributed by atoms with Crippen molar-refractivity contribution in [3.63, 3.8) is 0 Å². The fourth-order valence-corrected chi connectivity index (χ4v) is 3.24. The van der Waals surface area contributed by atoms with Crippen molar-refractivity contribution in [2.45, 2.75) is 25.7 Å². The van der Waals surface area contributed by atoms with Crippen molar-refractivity contribution in [3.8, 4) is 0 Å². The molecule has 0 radical (unpaired) electrons. The second-order valence-electron chi connectivity index (χ2n) is 5.20. The maximum absolute atomic E-state index is 3.60. The summed E-state index contributed by atoms with van der Waals surface area (Å²) < 4.78 is 1.14. The van der Waals surface area contributed by atoms with Gasteiger partial charge in [0.1, 0.15) is 0 Å². The third-order valence-corrected chi connectivity index (χ3v) is 4.46. The molecule has 1 nitrogen and oxygen atoms in total. The van der Waals surface area contributed by atoms with Crippen molar-refractivity contribution in [1.29, 1.82) is 0 Å². The Kier molecular flexibility index (Phi) is 3.36. The van der Waals surface area contributed by atoms with E-state index in [0.717, 1.165) is 10.2 Å². The van der Waals surface area contributed by atoms with E-state index in [1.807, 2.05) is 18.0 Å². The minimum atomic E-state index is 0.365. The van der Waals surface area contributed by atoms with Crippen molar-refractivity contribution >= 4 is 38.6 Å².